The van der Waals surface area contributed by atoms with Gasteiger partial charge in [-0.15, -0.1) is 22.7 Å². The van der Waals surface area contributed by atoms with E-state index in [1.807, 2.05) is 0 Å². The summed E-state index contributed by atoms with van der Waals surface area (Å²) in [4.78, 5) is 28.7. The molecule has 1 aromatic carbocycles. The van der Waals surface area contributed by atoms with E-state index in [9.17, 15) is 14.0 Å². The SMILES string of the molecule is NC(=O)c1csc(C(=O)Nc2ncc(Cc3ccc(F)cc3)s2)c1. The Morgan fingerprint density at radius 1 is 1.25 bits per heavy atom. The summed E-state index contributed by atoms with van der Waals surface area (Å²) in [6.07, 6.45) is 2.28. The van der Waals surface area contributed by atoms with Gasteiger partial charge in [0.2, 0.25) is 5.91 Å². The van der Waals surface area contributed by atoms with Crippen LogP contribution in [0.4, 0.5) is 9.52 Å². The van der Waals surface area contributed by atoms with Crippen molar-refractivity contribution in [3.8, 4) is 0 Å². The maximum absolute atomic E-state index is 12.9. The largest absolute Gasteiger partial charge is 0.366 e. The highest BCUT2D eigenvalue weighted by Gasteiger charge is 2.13. The number of halogens is 1. The molecular weight excluding hydrogens is 349 g/mol. The van der Waals surface area contributed by atoms with Crippen LogP contribution in [0.2, 0.25) is 0 Å². The van der Waals surface area contributed by atoms with Gasteiger partial charge in [0.15, 0.2) is 5.13 Å². The van der Waals surface area contributed by atoms with Crippen molar-refractivity contribution in [2.75, 3.05) is 5.32 Å². The summed E-state index contributed by atoms with van der Waals surface area (Å²) in [7, 11) is 0. The molecule has 2 heterocycles. The summed E-state index contributed by atoms with van der Waals surface area (Å²) in [5.41, 5.74) is 6.44. The Bertz CT molecular complexity index is 887. The van der Waals surface area contributed by atoms with Crippen LogP contribution < -0.4 is 11.1 Å². The maximum atomic E-state index is 12.9. The average molecular weight is 361 g/mol. The van der Waals surface area contributed by atoms with Crippen molar-refractivity contribution in [1.29, 1.82) is 0 Å². The van der Waals surface area contributed by atoms with E-state index >= 15 is 0 Å². The molecule has 0 atom stereocenters. The number of nitrogens with one attached hydrogen (secondary N) is 1. The third-order valence-electron chi connectivity index (χ3n) is 3.17. The van der Waals surface area contributed by atoms with E-state index in [-0.39, 0.29) is 11.7 Å². The van der Waals surface area contributed by atoms with Crippen LogP contribution in [0, 0.1) is 5.82 Å². The van der Waals surface area contributed by atoms with Gasteiger partial charge in [-0.3, -0.25) is 14.9 Å². The summed E-state index contributed by atoms with van der Waals surface area (Å²) >= 11 is 2.49. The first-order valence-electron chi connectivity index (χ1n) is 6.90. The first-order valence-corrected chi connectivity index (χ1v) is 8.60. The van der Waals surface area contributed by atoms with E-state index in [4.69, 9.17) is 5.73 Å². The van der Waals surface area contributed by atoms with Gasteiger partial charge < -0.3 is 5.73 Å². The number of rotatable bonds is 5. The molecule has 3 aromatic rings. The topological polar surface area (TPSA) is 85.1 Å². The second-order valence-corrected chi connectivity index (χ2v) is 6.98. The summed E-state index contributed by atoms with van der Waals surface area (Å²) < 4.78 is 12.9. The standard InChI is InChI=1S/C16H12FN3O2S2/c17-11-3-1-9(2-4-11)5-12-7-19-16(24-12)20-15(22)13-6-10(8-23-13)14(18)21/h1-4,6-8H,5H2,(H2,18,21)(H,19,20,22). The number of hydrogen-bond donors (Lipinski definition) is 2. The molecule has 2 amide bonds. The number of primary amides is 1. The molecule has 5 nitrogen and oxygen atoms in total. The summed E-state index contributed by atoms with van der Waals surface area (Å²) in [5.74, 6) is -1.18. The van der Waals surface area contributed by atoms with E-state index in [1.54, 1.807) is 23.7 Å². The van der Waals surface area contributed by atoms with Crippen molar-refractivity contribution in [3.63, 3.8) is 0 Å². The maximum Gasteiger partial charge on any atom is 0.267 e. The zero-order valence-corrected chi connectivity index (χ0v) is 13.9. The van der Waals surface area contributed by atoms with E-state index in [0.29, 0.717) is 22.0 Å². The molecule has 0 bridgehead atoms. The quantitative estimate of drug-likeness (QED) is 0.731. The number of benzene rings is 1. The van der Waals surface area contributed by atoms with Crippen molar-refractivity contribution in [2.45, 2.75) is 6.42 Å². The molecule has 0 saturated carbocycles. The third kappa shape index (κ3) is 3.84. The highest BCUT2D eigenvalue weighted by molar-refractivity contribution is 7.16. The fourth-order valence-electron chi connectivity index (χ4n) is 1.99. The molecule has 3 rings (SSSR count). The Hall–Kier alpha value is -2.58. The number of anilines is 1. The lowest BCUT2D eigenvalue weighted by molar-refractivity contribution is 0.100. The van der Waals surface area contributed by atoms with Gasteiger partial charge in [-0.25, -0.2) is 9.37 Å². The summed E-state index contributed by atoms with van der Waals surface area (Å²) in [6, 6.07) is 7.70. The lowest BCUT2D eigenvalue weighted by Gasteiger charge is -1.99. The number of thiophene rings is 1. The molecule has 0 saturated heterocycles. The predicted octanol–water partition coefficient (Wildman–Crippen LogP) is 3.29. The molecule has 3 N–H and O–H groups in total. The molecule has 0 radical (unpaired) electrons. The van der Waals surface area contributed by atoms with Gasteiger partial charge in [-0.1, -0.05) is 12.1 Å². The molecule has 0 aliphatic carbocycles. The summed E-state index contributed by atoms with van der Waals surface area (Å²) in [6.45, 7) is 0. The Kier molecular flexibility index (Phi) is 4.68. The van der Waals surface area contributed by atoms with Gasteiger partial charge in [0, 0.05) is 22.9 Å². The van der Waals surface area contributed by atoms with Crippen LogP contribution in [-0.2, 0) is 6.42 Å². The van der Waals surface area contributed by atoms with Gasteiger partial charge in [0.25, 0.3) is 5.91 Å². The normalized spacial score (nSPS) is 10.5. The number of amides is 2. The molecule has 0 fully saturated rings. The first-order chi connectivity index (χ1) is 11.5. The van der Waals surface area contributed by atoms with Crippen LogP contribution in [0.3, 0.4) is 0 Å². The Labute approximate surface area is 145 Å². The molecular formula is C16H12FN3O2S2. The number of thiazole rings is 1. The highest BCUT2D eigenvalue weighted by Crippen LogP contribution is 2.23. The Morgan fingerprint density at radius 3 is 2.67 bits per heavy atom. The number of carbonyl (C=O) groups is 2. The zero-order chi connectivity index (χ0) is 17.1. The molecule has 0 unspecified atom stereocenters. The third-order valence-corrected chi connectivity index (χ3v) is 5.02. The fourth-order valence-corrected chi connectivity index (χ4v) is 3.63. The minimum Gasteiger partial charge on any atom is -0.366 e. The number of aromatic nitrogens is 1. The Balaban J connectivity index is 1.65. The zero-order valence-electron chi connectivity index (χ0n) is 12.3. The lowest BCUT2D eigenvalue weighted by Crippen LogP contribution is -2.11. The van der Waals surface area contributed by atoms with Crippen LogP contribution >= 0.6 is 22.7 Å². The van der Waals surface area contributed by atoms with E-state index in [0.717, 1.165) is 21.8 Å². The number of hydrogen-bond acceptors (Lipinski definition) is 5. The van der Waals surface area contributed by atoms with E-state index in [2.05, 4.69) is 10.3 Å². The second-order valence-electron chi connectivity index (χ2n) is 4.95. The number of nitrogens with zero attached hydrogens (tertiary/aromatic N) is 1. The Morgan fingerprint density at radius 2 is 2.00 bits per heavy atom. The predicted molar refractivity (Wildman–Crippen MR) is 92.1 cm³/mol. The number of carbonyl (C=O) groups excluding carboxylic acids is 2. The molecule has 2 aromatic heterocycles. The molecule has 0 aliphatic rings. The van der Waals surface area contributed by atoms with Crippen molar-refractivity contribution in [1.82, 2.24) is 4.98 Å². The van der Waals surface area contributed by atoms with E-state index in [1.165, 1.54) is 29.5 Å². The molecule has 0 spiro atoms. The smallest absolute Gasteiger partial charge is 0.267 e. The fraction of sp³-hybridized carbons (Fsp3) is 0.0625. The monoisotopic (exact) mass is 361 g/mol. The second kappa shape index (κ2) is 6.90. The molecule has 122 valence electrons. The molecule has 24 heavy (non-hydrogen) atoms. The van der Waals surface area contributed by atoms with Gasteiger partial charge in [0.05, 0.1) is 10.4 Å². The van der Waals surface area contributed by atoms with Gasteiger partial charge in [-0.2, -0.15) is 0 Å². The van der Waals surface area contributed by atoms with Crippen molar-refractivity contribution >= 4 is 39.6 Å². The van der Waals surface area contributed by atoms with Crippen LogP contribution in [0.15, 0.2) is 41.9 Å². The van der Waals surface area contributed by atoms with Crippen molar-refractivity contribution < 1.29 is 14.0 Å². The van der Waals surface area contributed by atoms with Crippen LogP contribution in [-0.4, -0.2) is 16.8 Å². The van der Waals surface area contributed by atoms with Gasteiger partial charge >= 0.3 is 0 Å². The lowest BCUT2D eigenvalue weighted by atomic mass is 10.1. The van der Waals surface area contributed by atoms with E-state index < -0.39 is 5.91 Å². The minimum atomic E-state index is -0.568. The van der Waals surface area contributed by atoms with Crippen LogP contribution in [0.5, 0.6) is 0 Å². The van der Waals surface area contributed by atoms with Crippen molar-refractivity contribution in [2.24, 2.45) is 5.73 Å². The van der Waals surface area contributed by atoms with Crippen LogP contribution in [0.25, 0.3) is 0 Å². The van der Waals surface area contributed by atoms with Gasteiger partial charge in [-0.05, 0) is 23.8 Å². The van der Waals surface area contributed by atoms with Crippen molar-refractivity contribution in [3.05, 3.63) is 68.6 Å². The number of nitrogens with two attached hydrogens (primary N) is 1. The molecule has 0 aliphatic heterocycles. The average Bonchev–Trinajstić information content (AvgIpc) is 3.19. The molecule has 8 heteroatoms. The highest BCUT2D eigenvalue weighted by atomic mass is 32.1. The van der Waals surface area contributed by atoms with Crippen LogP contribution in [0.1, 0.15) is 30.5 Å². The minimum absolute atomic E-state index is 0.276. The van der Waals surface area contributed by atoms with Gasteiger partial charge in [0.1, 0.15) is 5.82 Å². The first kappa shape index (κ1) is 16.3. The summed E-state index contributed by atoms with van der Waals surface area (Å²) in [5, 5.41) is 4.70.